The van der Waals surface area contributed by atoms with E-state index in [2.05, 4.69) is 26.8 Å². The number of halogens is 1. The van der Waals surface area contributed by atoms with Gasteiger partial charge in [-0.3, -0.25) is 14.8 Å². The van der Waals surface area contributed by atoms with Crippen molar-refractivity contribution in [3.05, 3.63) is 70.8 Å². The maximum Gasteiger partial charge on any atom is 0.263 e. The summed E-state index contributed by atoms with van der Waals surface area (Å²) in [5.41, 5.74) is 2.35. The Balaban J connectivity index is 1.82. The average Bonchev–Trinajstić information content (AvgIpc) is 3.15. The van der Waals surface area contributed by atoms with Gasteiger partial charge in [0, 0.05) is 11.3 Å². The molecule has 0 saturated carbocycles. The Hall–Kier alpha value is -2.40. The van der Waals surface area contributed by atoms with Gasteiger partial charge in [-0.25, -0.2) is 8.42 Å². The van der Waals surface area contributed by atoms with Gasteiger partial charge in [0.15, 0.2) is 4.34 Å². The molecule has 1 aromatic heterocycles. The summed E-state index contributed by atoms with van der Waals surface area (Å²) in [6.45, 7) is 7.37. The molecule has 0 unspecified atom stereocenters. The summed E-state index contributed by atoms with van der Waals surface area (Å²) in [5, 5.41) is 10.8. The van der Waals surface area contributed by atoms with Crippen LogP contribution in [0.15, 0.2) is 58.3 Å². The molecule has 0 fully saturated rings. The zero-order chi connectivity index (χ0) is 22.6. The zero-order valence-electron chi connectivity index (χ0n) is 16.7. The van der Waals surface area contributed by atoms with Gasteiger partial charge in [0.05, 0.1) is 10.7 Å². The number of aromatic nitrogens is 2. The van der Waals surface area contributed by atoms with Gasteiger partial charge >= 0.3 is 0 Å². The number of nitrogens with zero attached hydrogens (tertiary/aromatic N) is 2. The number of anilines is 2. The number of hydrogen-bond donors (Lipinski definition) is 2. The van der Waals surface area contributed by atoms with E-state index >= 15 is 0 Å². The van der Waals surface area contributed by atoms with Crippen LogP contribution in [0.3, 0.4) is 0 Å². The number of carbonyl (C=O) groups is 1. The van der Waals surface area contributed by atoms with Gasteiger partial charge in [-0.05, 0) is 43.7 Å². The Morgan fingerprint density at radius 2 is 2.00 bits per heavy atom. The molecule has 2 N–H and O–H groups in total. The number of hydrogen-bond acceptors (Lipinski definition) is 7. The van der Waals surface area contributed by atoms with E-state index in [1.54, 1.807) is 25.1 Å². The minimum atomic E-state index is -4.01. The highest BCUT2D eigenvalue weighted by molar-refractivity contribution is 8.01. The molecule has 0 saturated heterocycles. The van der Waals surface area contributed by atoms with Gasteiger partial charge in [-0.1, -0.05) is 58.5 Å². The molecule has 0 aliphatic carbocycles. The van der Waals surface area contributed by atoms with Crippen LogP contribution in [0.5, 0.6) is 0 Å². The largest absolute Gasteiger partial charge is 0.296 e. The Kier molecular flexibility index (Phi) is 7.37. The first-order valence-corrected chi connectivity index (χ1v) is 12.6. The molecule has 162 valence electrons. The standard InChI is InChI=1S/C20H19ClN4O3S3/c1-4-9-29-20-24-23-19(30-20)22-18(26)14-6-7-15(21)17(11-14)31(27,28)25-16-8-5-12(2)10-13(16)3/h4-8,10-11,25H,1,9H2,2-3H3,(H,22,23,26). The third-order valence-corrected chi connectivity index (χ3v) is 7.88. The van der Waals surface area contributed by atoms with E-state index in [0.29, 0.717) is 20.9 Å². The van der Waals surface area contributed by atoms with Gasteiger partial charge in [-0.2, -0.15) is 0 Å². The van der Waals surface area contributed by atoms with Crippen LogP contribution in [0.2, 0.25) is 5.02 Å². The number of thioether (sulfide) groups is 1. The van der Waals surface area contributed by atoms with Crippen LogP contribution in [-0.4, -0.2) is 30.3 Å². The number of aryl methyl sites for hydroxylation is 2. The fourth-order valence-electron chi connectivity index (χ4n) is 2.60. The zero-order valence-corrected chi connectivity index (χ0v) is 19.9. The van der Waals surface area contributed by atoms with Crippen molar-refractivity contribution in [2.45, 2.75) is 23.1 Å². The van der Waals surface area contributed by atoms with Crippen LogP contribution in [-0.2, 0) is 10.0 Å². The topological polar surface area (TPSA) is 101 Å². The van der Waals surface area contributed by atoms with E-state index in [1.807, 2.05) is 13.0 Å². The van der Waals surface area contributed by atoms with Crippen LogP contribution in [0.25, 0.3) is 0 Å². The SMILES string of the molecule is C=CCSc1nnc(NC(=O)c2ccc(Cl)c(S(=O)(=O)Nc3ccc(C)cc3C)c2)s1. The summed E-state index contributed by atoms with van der Waals surface area (Å²) in [4.78, 5) is 12.4. The summed E-state index contributed by atoms with van der Waals surface area (Å²) < 4.78 is 29.1. The van der Waals surface area contributed by atoms with Crippen molar-refractivity contribution in [3.8, 4) is 0 Å². The minimum absolute atomic E-state index is 0.00726. The first kappa shape index (κ1) is 23.3. The molecule has 0 radical (unpaired) electrons. The first-order valence-electron chi connectivity index (χ1n) is 8.98. The van der Waals surface area contributed by atoms with E-state index in [1.165, 1.54) is 41.3 Å². The lowest BCUT2D eigenvalue weighted by Gasteiger charge is -2.13. The van der Waals surface area contributed by atoms with E-state index in [4.69, 9.17) is 11.6 Å². The Labute approximate surface area is 194 Å². The normalized spacial score (nSPS) is 11.2. The van der Waals surface area contributed by atoms with Crippen molar-refractivity contribution in [1.82, 2.24) is 10.2 Å². The smallest absolute Gasteiger partial charge is 0.263 e. The summed E-state index contributed by atoms with van der Waals surface area (Å²) >= 11 is 8.81. The molecule has 0 atom stereocenters. The average molecular weight is 495 g/mol. The molecule has 31 heavy (non-hydrogen) atoms. The van der Waals surface area contributed by atoms with Gasteiger partial charge in [-0.15, -0.1) is 16.8 Å². The first-order chi connectivity index (χ1) is 14.7. The van der Waals surface area contributed by atoms with Crippen LogP contribution in [0, 0.1) is 13.8 Å². The van der Waals surface area contributed by atoms with Crippen LogP contribution < -0.4 is 10.0 Å². The molecule has 7 nitrogen and oxygen atoms in total. The molecule has 0 bridgehead atoms. The van der Waals surface area contributed by atoms with E-state index in [0.717, 1.165) is 11.1 Å². The molecule has 1 heterocycles. The fourth-order valence-corrected chi connectivity index (χ4v) is 5.76. The molecular weight excluding hydrogens is 476 g/mol. The summed E-state index contributed by atoms with van der Waals surface area (Å²) in [5.74, 6) is 0.157. The Bertz CT molecular complexity index is 1240. The number of benzene rings is 2. The van der Waals surface area contributed by atoms with Crippen molar-refractivity contribution in [2.75, 3.05) is 15.8 Å². The fraction of sp³-hybridized carbons (Fsp3) is 0.150. The van der Waals surface area contributed by atoms with Crippen LogP contribution >= 0.6 is 34.7 Å². The third-order valence-electron chi connectivity index (χ3n) is 4.06. The number of nitrogens with one attached hydrogen (secondary N) is 2. The maximum absolute atomic E-state index is 12.9. The maximum atomic E-state index is 12.9. The number of sulfonamides is 1. The van der Waals surface area contributed by atoms with Crippen molar-refractivity contribution in [3.63, 3.8) is 0 Å². The molecular formula is C20H19ClN4O3S3. The molecule has 2 aromatic carbocycles. The quantitative estimate of drug-likeness (QED) is 0.255. The van der Waals surface area contributed by atoms with E-state index < -0.39 is 15.9 Å². The van der Waals surface area contributed by atoms with Gasteiger partial charge in [0.1, 0.15) is 4.90 Å². The second-order valence-electron chi connectivity index (χ2n) is 6.50. The number of rotatable bonds is 8. The number of amides is 1. The summed E-state index contributed by atoms with van der Waals surface area (Å²) in [6.07, 6.45) is 1.74. The van der Waals surface area contributed by atoms with Gasteiger partial charge in [0.25, 0.3) is 15.9 Å². The van der Waals surface area contributed by atoms with Crippen LogP contribution in [0.1, 0.15) is 21.5 Å². The van der Waals surface area contributed by atoms with Crippen molar-refractivity contribution in [1.29, 1.82) is 0 Å². The minimum Gasteiger partial charge on any atom is -0.296 e. The number of carbonyl (C=O) groups excluding carboxylic acids is 1. The summed E-state index contributed by atoms with van der Waals surface area (Å²) in [6, 6.07) is 9.41. The van der Waals surface area contributed by atoms with Crippen molar-refractivity contribution in [2.24, 2.45) is 0 Å². The second kappa shape index (κ2) is 9.82. The molecule has 3 aromatic rings. The molecule has 0 aliphatic heterocycles. The lowest BCUT2D eigenvalue weighted by Crippen LogP contribution is -2.17. The van der Waals surface area contributed by atoms with Gasteiger partial charge in [0.2, 0.25) is 5.13 Å². The Morgan fingerprint density at radius 1 is 1.23 bits per heavy atom. The monoisotopic (exact) mass is 494 g/mol. The molecule has 11 heteroatoms. The summed E-state index contributed by atoms with van der Waals surface area (Å²) in [7, 11) is -4.01. The highest BCUT2D eigenvalue weighted by atomic mass is 35.5. The predicted molar refractivity (Wildman–Crippen MR) is 127 cm³/mol. The highest BCUT2D eigenvalue weighted by Gasteiger charge is 2.21. The molecule has 0 aliphatic rings. The second-order valence-corrected chi connectivity index (χ2v) is 10.8. The lowest BCUT2D eigenvalue weighted by atomic mass is 10.1. The van der Waals surface area contributed by atoms with Crippen molar-refractivity contribution >= 4 is 61.4 Å². The lowest BCUT2D eigenvalue weighted by molar-refractivity contribution is 0.102. The van der Waals surface area contributed by atoms with Gasteiger partial charge < -0.3 is 0 Å². The highest BCUT2D eigenvalue weighted by Crippen LogP contribution is 2.28. The van der Waals surface area contributed by atoms with Crippen molar-refractivity contribution < 1.29 is 13.2 Å². The third kappa shape index (κ3) is 5.85. The molecule has 0 spiro atoms. The van der Waals surface area contributed by atoms with E-state index in [9.17, 15) is 13.2 Å². The van der Waals surface area contributed by atoms with E-state index in [-0.39, 0.29) is 15.5 Å². The Morgan fingerprint density at radius 3 is 2.71 bits per heavy atom. The molecule has 3 rings (SSSR count). The predicted octanol–water partition coefficient (Wildman–Crippen LogP) is 5.14. The van der Waals surface area contributed by atoms with Crippen LogP contribution in [0.4, 0.5) is 10.8 Å². The molecule has 1 amide bonds.